The van der Waals surface area contributed by atoms with Crippen LogP contribution >= 0.6 is 24.2 Å². The van der Waals surface area contributed by atoms with Gasteiger partial charge in [0, 0.05) is 17.0 Å². The van der Waals surface area contributed by atoms with Crippen LogP contribution in [0.2, 0.25) is 5.02 Å². The number of nitrogens with zero attached hydrogens (tertiary/aromatic N) is 1. The highest BCUT2D eigenvalue weighted by Crippen LogP contribution is 2.30. The van der Waals surface area contributed by atoms with Gasteiger partial charge in [0.05, 0.1) is 10.6 Å². The van der Waals surface area contributed by atoms with Crippen molar-refractivity contribution in [1.82, 2.24) is 4.90 Å². The van der Waals surface area contributed by atoms with Crippen molar-refractivity contribution < 1.29 is 4.79 Å². The van der Waals surface area contributed by atoms with Crippen molar-refractivity contribution in [2.45, 2.75) is 50.1 Å². The molecule has 0 bridgehead atoms. The highest BCUT2D eigenvalue weighted by molar-refractivity contribution is 7.80. The minimum Gasteiger partial charge on any atom is -0.333 e. The summed E-state index contributed by atoms with van der Waals surface area (Å²) in [5.74, 6) is 0.0350. The van der Waals surface area contributed by atoms with Gasteiger partial charge in [0.1, 0.15) is 0 Å². The van der Waals surface area contributed by atoms with Crippen molar-refractivity contribution in [1.29, 1.82) is 0 Å². The van der Waals surface area contributed by atoms with Crippen molar-refractivity contribution in [2.75, 3.05) is 0 Å². The molecule has 0 aliphatic carbocycles. The van der Waals surface area contributed by atoms with Crippen LogP contribution in [0, 0.1) is 0 Å². The largest absolute Gasteiger partial charge is 0.333 e. The Morgan fingerprint density at radius 2 is 2.22 bits per heavy atom. The Hall–Kier alpha value is -0.670. The summed E-state index contributed by atoms with van der Waals surface area (Å²) >= 11 is 10.4. The van der Waals surface area contributed by atoms with Crippen LogP contribution in [0.25, 0.3) is 0 Å². The molecule has 1 saturated heterocycles. The predicted octanol–water partition coefficient (Wildman–Crippen LogP) is 4.03. The molecule has 1 aliphatic heterocycles. The maximum absolute atomic E-state index is 12.6. The average molecular weight is 284 g/mol. The van der Waals surface area contributed by atoms with Gasteiger partial charge in [-0.3, -0.25) is 4.79 Å². The average Bonchev–Trinajstić information content (AvgIpc) is 2.72. The summed E-state index contributed by atoms with van der Waals surface area (Å²) in [6, 6.07) is 5.92. The number of thiol groups is 1. The second-order valence-electron chi connectivity index (χ2n) is 4.87. The third-order valence-corrected chi connectivity index (χ3v) is 4.28. The van der Waals surface area contributed by atoms with Crippen LogP contribution in [0.4, 0.5) is 0 Å². The van der Waals surface area contributed by atoms with Gasteiger partial charge < -0.3 is 4.90 Å². The zero-order valence-electron chi connectivity index (χ0n) is 10.7. The molecule has 0 aromatic heterocycles. The predicted molar refractivity (Wildman–Crippen MR) is 77.6 cm³/mol. The van der Waals surface area contributed by atoms with Crippen molar-refractivity contribution >= 4 is 30.1 Å². The number of hydrogen-bond acceptors (Lipinski definition) is 2. The summed E-state index contributed by atoms with van der Waals surface area (Å²) in [5, 5.41) is 0.506. The minimum atomic E-state index is 0.0350. The SMILES string of the molecule is CCC1CCC(C)N1C(=O)c1cc(S)ccc1Cl. The third kappa shape index (κ3) is 2.52. The Balaban J connectivity index is 2.32. The van der Waals surface area contributed by atoms with Gasteiger partial charge in [0.2, 0.25) is 0 Å². The van der Waals surface area contributed by atoms with E-state index in [1.165, 1.54) is 0 Å². The number of amides is 1. The molecule has 0 saturated carbocycles. The van der Waals surface area contributed by atoms with E-state index in [2.05, 4.69) is 26.5 Å². The lowest BCUT2D eigenvalue weighted by Crippen LogP contribution is -2.39. The molecule has 98 valence electrons. The van der Waals surface area contributed by atoms with Crippen molar-refractivity contribution in [3.8, 4) is 0 Å². The molecule has 1 aliphatic rings. The molecular formula is C14H18ClNOS. The van der Waals surface area contributed by atoms with Crippen molar-refractivity contribution in [2.24, 2.45) is 0 Å². The van der Waals surface area contributed by atoms with Crippen LogP contribution < -0.4 is 0 Å². The van der Waals surface area contributed by atoms with Crippen LogP contribution in [0.15, 0.2) is 23.1 Å². The summed E-state index contributed by atoms with van der Waals surface area (Å²) in [6.07, 6.45) is 3.15. The van der Waals surface area contributed by atoms with Gasteiger partial charge in [-0.2, -0.15) is 0 Å². The Labute approximate surface area is 119 Å². The first-order valence-corrected chi connectivity index (χ1v) is 7.18. The van der Waals surface area contributed by atoms with Crippen LogP contribution in [-0.2, 0) is 0 Å². The molecule has 2 rings (SSSR count). The molecule has 1 fully saturated rings. The van der Waals surface area contributed by atoms with E-state index in [-0.39, 0.29) is 5.91 Å². The van der Waals surface area contributed by atoms with Crippen LogP contribution in [0.5, 0.6) is 0 Å². The van der Waals surface area contributed by atoms with Crippen LogP contribution in [-0.4, -0.2) is 22.9 Å². The first-order valence-electron chi connectivity index (χ1n) is 6.35. The highest BCUT2D eigenvalue weighted by Gasteiger charge is 2.34. The zero-order valence-corrected chi connectivity index (χ0v) is 12.3. The molecule has 2 unspecified atom stereocenters. The Morgan fingerprint density at radius 1 is 1.50 bits per heavy atom. The number of likely N-dealkylation sites (tertiary alicyclic amines) is 1. The molecule has 1 aromatic carbocycles. The normalized spacial score (nSPS) is 23.4. The number of benzene rings is 1. The van der Waals surface area contributed by atoms with Gasteiger partial charge in [0.25, 0.3) is 5.91 Å². The van der Waals surface area contributed by atoms with Crippen molar-refractivity contribution in [3.05, 3.63) is 28.8 Å². The van der Waals surface area contributed by atoms with Gasteiger partial charge in [-0.1, -0.05) is 18.5 Å². The third-order valence-electron chi connectivity index (χ3n) is 3.67. The number of hydrogen-bond donors (Lipinski definition) is 1. The number of carbonyl (C=O) groups is 1. The van der Waals surface area contributed by atoms with Crippen LogP contribution in [0.1, 0.15) is 43.5 Å². The summed E-state index contributed by atoms with van der Waals surface area (Å²) in [6.45, 7) is 4.23. The number of halogens is 1. The first-order chi connectivity index (χ1) is 8.54. The summed E-state index contributed by atoms with van der Waals surface area (Å²) < 4.78 is 0. The second-order valence-corrected chi connectivity index (χ2v) is 5.79. The number of rotatable bonds is 2. The van der Waals surface area contributed by atoms with Crippen molar-refractivity contribution in [3.63, 3.8) is 0 Å². The van der Waals surface area contributed by atoms with E-state index in [4.69, 9.17) is 11.6 Å². The van der Waals surface area contributed by atoms with Gasteiger partial charge >= 0.3 is 0 Å². The monoisotopic (exact) mass is 283 g/mol. The van der Waals surface area contributed by atoms with E-state index in [9.17, 15) is 4.79 Å². The molecule has 1 aromatic rings. The fraction of sp³-hybridized carbons (Fsp3) is 0.500. The van der Waals surface area contributed by atoms with E-state index in [1.807, 2.05) is 4.90 Å². The Morgan fingerprint density at radius 3 is 2.89 bits per heavy atom. The minimum absolute atomic E-state index is 0.0350. The smallest absolute Gasteiger partial charge is 0.255 e. The van der Waals surface area contributed by atoms with Crippen LogP contribution in [0.3, 0.4) is 0 Å². The van der Waals surface area contributed by atoms with Gasteiger partial charge in [0.15, 0.2) is 0 Å². The molecule has 1 heterocycles. The Bertz CT molecular complexity index is 463. The molecule has 4 heteroatoms. The molecule has 2 atom stereocenters. The molecule has 18 heavy (non-hydrogen) atoms. The van der Waals surface area contributed by atoms with E-state index in [1.54, 1.807) is 18.2 Å². The topological polar surface area (TPSA) is 20.3 Å². The van der Waals surface area contributed by atoms with E-state index in [0.717, 1.165) is 24.2 Å². The van der Waals surface area contributed by atoms with E-state index in [0.29, 0.717) is 22.7 Å². The standard InChI is InChI=1S/C14H18ClNOS/c1-3-10-5-4-9(2)16(10)14(17)12-8-11(18)6-7-13(12)15/h6-10,18H,3-5H2,1-2H3. The lowest BCUT2D eigenvalue weighted by molar-refractivity contribution is 0.0676. The second kappa shape index (κ2) is 5.54. The molecule has 0 radical (unpaired) electrons. The zero-order chi connectivity index (χ0) is 13.3. The quantitative estimate of drug-likeness (QED) is 0.813. The number of carbonyl (C=O) groups excluding carboxylic acids is 1. The summed E-state index contributed by atoms with van der Waals surface area (Å²) in [5.41, 5.74) is 0.566. The maximum atomic E-state index is 12.6. The van der Waals surface area contributed by atoms with Gasteiger partial charge in [-0.05, 0) is 44.4 Å². The molecule has 0 N–H and O–H groups in total. The fourth-order valence-corrected chi connectivity index (χ4v) is 3.06. The summed E-state index contributed by atoms with van der Waals surface area (Å²) in [7, 11) is 0. The summed E-state index contributed by atoms with van der Waals surface area (Å²) in [4.78, 5) is 15.4. The van der Waals surface area contributed by atoms with E-state index < -0.39 is 0 Å². The molecule has 0 spiro atoms. The first kappa shape index (κ1) is 13.8. The maximum Gasteiger partial charge on any atom is 0.255 e. The van der Waals surface area contributed by atoms with E-state index >= 15 is 0 Å². The lowest BCUT2D eigenvalue weighted by Gasteiger charge is -2.28. The fourth-order valence-electron chi connectivity index (χ4n) is 2.65. The van der Waals surface area contributed by atoms with Gasteiger partial charge in [-0.25, -0.2) is 0 Å². The lowest BCUT2D eigenvalue weighted by atomic mass is 10.1. The van der Waals surface area contributed by atoms with Gasteiger partial charge in [-0.15, -0.1) is 12.6 Å². The molecule has 1 amide bonds. The Kier molecular flexibility index (Phi) is 4.23. The molecule has 2 nitrogen and oxygen atoms in total. The highest BCUT2D eigenvalue weighted by atomic mass is 35.5. The molecular weight excluding hydrogens is 266 g/mol.